The van der Waals surface area contributed by atoms with Crippen molar-refractivity contribution in [2.45, 2.75) is 6.54 Å². The van der Waals surface area contributed by atoms with Crippen molar-refractivity contribution >= 4 is 16.9 Å². The van der Waals surface area contributed by atoms with Gasteiger partial charge in [0, 0.05) is 0 Å². The van der Waals surface area contributed by atoms with Crippen molar-refractivity contribution in [3.63, 3.8) is 0 Å². The Morgan fingerprint density at radius 1 is 1.14 bits per heavy atom. The fourth-order valence-electron chi connectivity index (χ4n) is 2.32. The van der Waals surface area contributed by atoms with Gasteiger partial charge in [-0.1, -0.05) is 24.3 Å². The zero-order chi connectivity index (χ0) is 14.8. The smallest absolute Gasteiger partial charge is 0.337 e. The number of carbonyl (C=O) groups excluding carboxylic acids is 1. The van der Waals surface area contributed by atoms with Crippen molar-refractivity contribution in [3.8, 4) is 0 Å². The summed E-state index contributed by atoms with van der Waals surface area (Å²) in [6, 6.07) is 14.6. The summed E-state index contributed by atoms with van der Waals surface area (Å²) < 4.78 is 6.46. The highest BCUT2D eigenvalue weighted by Crippen LogP contribution is 2.12. The van der Waals surface area contributed by atoms with Crippen molar-refractivity contribution in [1.29, 1.82) is 0 Å². The van der Waals surface area contributed by atoms with E-state index in [1.54, 1.807) is 22.9 Å². The number of hydrogen-bond donors (Lipinski definition) is 1. The molecule has 0 saturated carbocycles. The lowest BCUT2D eigenvalue weighted by molar-refractivity contribution is 0.0600. The van der Waals surface area contributed by atoms with Gasteiger partial charge in [0.25, 0.3) is 5.56 Å². The van der Waals surface area contributed by atoms with E-state index in [9.17, 15) is 9.59 Å². The van der Waals surface area contributed by atoms with Gasteiger partial charge in [0.05, 0.1) is 30.1 Å². The molecule has 3 aromatic rings. The Balaban J connectivity index is 1.92. The first-order chi connectivity index (χ1) is 10.2. The second kappa shape index (κ2) is 5.28. The summed E-state index contributed by atoms with van der Waals surface area (Å²) in [6.07, 6.45) is 0. The third kappa shape index (κ3) is 2.45. The van der Waals surface area contributed by atoms with Gasteiger partial charge >= 0.3 is 5.97 Å². The Morgan fingerprint density at radius 2 is 1.86 bits per heavy atom. The monoisotopic (exact) mass is 282 g/mol. The van der Waals surface area contributed by atoms with Crippen molar-refractivity contribution in [3.05, 3.63) is 70.0 Å². The van der Waals surface area contributed by atoms with Gasteiger partial charge in [0.15, 0.2) is 0 Å². The predicted molar refractivity (Wildman–Crippen MR) is 79.4 cm³/mol. The third-order valence-electron chi connectivity index (χ3n) is 3.39. The zero-order valence-corrected chi connectivity index (χ0v) is 11.5. The summed E-state index contributed by atoms with van der Waals surface area (Å²) in [5.74, 6) is -0.360. The van der Waals surface area contributed by atoms with E-state index in [-0.39, 0.29) is 11.5 Å². The van der Waals surface area contributed by atoms with Crippen LogP contribution in [0.3, 0.4) is 0 Å². The number of H-pyrrole nitrogens is 1. The van der Waals surface area contributed by atoms with Crippen LogP contribution in [0.25, 0.3) is 10.9 Å². The molecule has 2 aromatic carbocycles. The lowest BCUT2D eigenvalue weighted by Crippen LogP contribution is -2.07. The van der Waals surface area contributed by atoms with Gasteiger partial charge in [0.1, 0.15) is 0 Å². The summed E-state index contributed by atoms with van der Waals surface area (Å²) in [5.41, 5.74) is 2.25. The van der Waals surface area contributed by atoms with Gasteiger partial charge < -0.3 is 4.74 Å². The number of esters is 1. The summed E-state index contributed by atoms with van der Waals surface area (Å²) in [6.45, 7) is 0.532. The summed E-state index contributed by atoms with van der Waals surface area (Å²) in [4.78, 5) is 23.2. The second-order valence-corrected chi connectivity index (χ2v) is 4.73. The molecule has 5 nitrogen and oxygen atoms in total. The number of aromatic nitrogens is 2. The lowest BCUT2D eigenvalue weighted by Gasteiger charge is -2.06. The molecule has 1 heterocycles. The minimum atomic E-state index is -0.360. The maximum Gasteiger partial charge on any atom is 0.337 e. The molecule has 0 atom stereocenters. The molecule has 1 aromatic heterocycles. The number of benzene rings is 2. The molecule has 0 unspecified atom stereocenters. The third-order valence-corrected chi connectivity index (χ3v) is 3.39. The first-order valence-corrected chi connectivity index (χ1v) is 6.54. The van der Waals surface area contributed by atoms with Crippen LogP contribution in [0.2, 0.25) is 0 Å². The summed E-state index contributed by atoms with van der Waals surface area (Å²) in [5, 5.41) is 3.49. The van der Waals surface area contributed by atoms with Gasteiger partial charge in [-0.15, -0.1) is 0 Å². The van der Waals surface area contributed by atoms with Gasteiger partial charge in [-0.05, 0) is 29.8 Å². The van der Waals surface area contributed by atoms with E-state index in [0.29, 0.717) is 17.5 Å². The molecule has 3 rings (SSSR count). The topological polar surface area (TPSA) is 64.1 Å². The molecule has 0 fully saturated rings. The Bertz CT molecular complexity index is 844. The number of hydrogen-bond acceptors (Lipinski definition) is 3. The number of rotatable bonds is 3. The Morgan fingerprint density at radius 3 is 2.57 bits per heavy atom. The Labute approximate surface area is 120 Å². The highest BCUT2D eigenvalue weighted by molar-refractivity contribution is 5.89. The highest BCUT2D eigenvalue weighted by Gasteiger charge is 2.07. The van der Waals surface area contributed by atoms with Gasteiger partial charge in [-0.2, -0.15) is 0 Å². The molecule has 21 heavy (non-hydrogen) atoms. The van der Waals surface area contributed by atoms with E-state index in [2.05, 4.69) is 9.84 Å². The van der Waals surface area contributed by atoms with E-state index in [1.807, 2.05) is 30.3 Å². The Hall–Kier alpha value is -2.82. The van der Waals surface area contributed by atoms with Crippen molar-refractivity contribution in [2.24, 2.45) is 0 Å². The number of ether oxygens (including phenoxy) is 1. The van der Waals surface area contributed by atoms with Crippen molar-refractivity contribution in [1.82, 2.24) is 9.78 Å². The standard InChI is InChI=1S/C16H14N2O3/c1-21-16(20)12-8-6-11(7-9-12)10-18-14-5-3-2-4-13(14)15(19)17-18/h2-9H,10H2,1H3,(H,17,19). The molecule has 0 spiro atoms. The molecule has 0 bridgehead atoms. The quantitative estimate of drug-likeness (QED) is 0.749. The van der Waals surface area contributed by atoms with Crippen LogP contribution in [0, 0.1) is 0 Å². The second-order valence-electron chi connectivity index (χ2n) is 4.73. The first-order valence-electron chi connectivity index (χ1n) is 6.54. The number of carbonyl (C=O) groups is 1. The predicted octanol–water partition coefficient (Wildman–Crippen LogP) is 2.16. The molecule has 5 heteroatoms. The van der Waals surface area contributed by atoms with Crippen molar-refractivity contribution in [2.75, 3.05) is 7.11 Å². The SMILES string of the molecule is COC(=O)c1ccc(Cn2[nH]c(=O)c3ccccc32)cc1. The molecule has 106 valence electrons. The minimum absolute atomic E-state index is 0.100. The highest BCUT2D eigenvalue weighted by atomic mass is 16.5. The van der Waals surface area contributed by atoms with Gasteiger partial charge in [-0.25, -0.2) is 4.79 Å². The van der Waals surface area contributed by atoms with E-state index < -0.39 is 0 Å². The number of nitrogens with zero attached hydrogens (tertiary/aromatic N) is 1. The van der Waals surface area contributed by atoms with Crippen LogP contribution in [0.5, 0.6) is 0 Å². The number of fused-ring (bicyclic) bond motifs is 1. The number of aromatic amines is 1. The molecule has 0 saturated heterocycles. The van der Waals surface area contributed by atoms with Crippen LogP contribution in [0.1, 0.15) is 15.9 Å². The minimum Gasteiger partial charge on any atom is -0.465 e. The van der Waals surface area contributed by atoms with Crippen LogP contribution < -0.4 is 5.56 Å². The van der Waals surface area contributed by atoms with Gasteiger partial charge in [-0.3, -0.25) is 14.6 Å². The number of para-hydroxylation sites is 1. The van der Waals surface area contributed by atoms with E-state index in [0.717, 1.165) is 11.1 Å². The van der Waals surface area contributed by atoms with Gasteiger partial charge in [0.2, 0.25) is 0 Å². The fraction of sp³-hybridized carbons (Fsp3) is 0.125. The normalized spacial score (nSPS) is 10.7. The molecule has 0 aliphatic rings. The molecular formula is C16H14N2O3. The summed E-state index contributed by atoms with van der Waals surface area (Å²) >= 11 is 0. The van der Waals surface area contributed by atoms with Crippen molar-refractivity contribution < 1.29 is 9.53 Å². The average molecular weight is 282 g/mol. The van der Waals surface area contributed by atoms with Crippen LogP contribution in [-0.2, 0) is 11.3 Å². The van der Waals surface area contributed by atoms with Crippen LogP contribution >= 0.6 is 0 Å². The maximum absolute atomic E-state index is 11.8. The van der Waals surface area contributed by atoms with Crippen LogP contribution in [-0.4, -0.2) is 22.9 Å². The van der Waals surface area contributed by atoms with Crippen LogP contribution in [0.4, 0.5) is 0 Å². The zero-order valence-electron chi connectivity index (χ0n) is 11.5. The number of methoxy groups -OCH3 is 1. The van der Waals surface area contributed by atoms with E-state index in [1.165, 1.54) is 7.11 Å². The molecule has 0 aliphatic heterocycles. The largest absolute Gasteiger partial charge is 0.465 e. The molecular weight excluding hydrogens is 268 g/mol. The average Bonchev–Trinajstić information content (AvgIpc) is 2.84. The summed E-state index contributed by atoms with van der Waals surface area (Å²) in [7, 11) is 1.35. The molecule has 0 amide bonds. The van der Waals surface area contributed by atoms with E-state index >= 15 is 0 Å². The van der Waals surface area contributed by atoms with E-state index in [4.69, 9.17) is 0 Å². The Kier molecular flexibility index (Phi) is 3.31. The maximum atomic E-state index is 11.8. The van der Waals surface area contributed by atoms with Crippen LogP contribution in [0.15, 0.2) is 53.3 Å². The number of nitrogens with one attached hydrogen (secondary N) is 1. The molecule has 0 radical (unpaired) electrons. The molecule has 1 N–H and O–H groups in total. The fourth-order valence-corrected chi connectivity index (χ4v) is 2.32. The molecule has 0 aliphatic carbocycles. The first kappa shape index (κ1) is 13.2. The lowest BCUT2D eigenvalue weighted by atomic mass is 10.1.